The predicted octanol–water partition coefficient (Wildman–Crippen LogP) is 0.695. The van der Waals surface area contributed by atoms with E-state index in [4.69, 9.17) is 5.73 Å². The SMILES string of the molecule is CCc1cc(-c2nc(N3CCC(N)CC3)n[nH]2)n(C)n1. The number of nitrogens with zero attached hydrogens (tertiary/aromatic N) is 5. The second-order valence-electron chi connectivity index (χ2n) is 5.31. The molecule has 0 bridgehead atoms. The van der Waals surface area contributed by atoms with Crippen molar-refractivity contribution in [2.45, 2.75) is 32.2 Å². The number of nitrogens with one attached hydrogen (secondary N) is 1. The Hall–Kier alpha value is -1.89. The third-order valence-corrected chi connectivity index (χ3v) is 3.83. The third-order valence-electron chi connectivity index (χ3n) is 3.83. The molecule has 2 aromatic heterocycles. The molecule has 108 valence electrons. The smallest absolute Gasteiger partial charge is 0.245 e. The van der Waals surface area contributed by atoms with Gasteiger partial charge in [-0.2, -0.15) is 10.1 Å². The average molecular weight is 275 g/mol. The van der Waals surface area contributed by atoms with E-state index in [1.54, 1.807) is 0 Å². The quantitative estimate of drug-likeness (QED) is 0.860. The van der Waals surface area contributed by atoms with Crippen LogP contribution in [0.15, 0.2) is 6.07 Å². The van der Waals surface area contributed by atoms with Gasteiger partial charge in [0.05, 0.1) is 5.69 Å². The Kier molecular flexibility index (Phi) is 3.43. The number of piperidine rings is 1. The molecular weight excluding hydrogens is 254 g/mol. The van der Waals surface area contributed by atoms with Crippen molar-refractivity contribution in [3.8, 4) is 11.5 Å². The van der Waals surface area contributed by atoms with Crippen LogP contribution in [0.4, 0.5) is 5.95 Å². The number of aryl methyl sites for hydroxylation is 2. The molecule has 0 aliphatic carbocycles. The number of nitrogens with two attached hydrogens (primary N) is 1. The van der Waals surface area contributed by atoms with E-state index in [0.29, 0.717) is 6.04 Å². The molecular formula is C13H21N7. The summed E-state index contributed by atoms with van der Waals surface area (Å²) in [5.74, 6) is 1.52. The van der Waals surface area contributed by atoms with Crippen LogP contribution >= 0.6 is 0 Å². The van der Waals surface area contributed by atoms with Gasteiger partial charge in [-0.25, -0.2) is 0 Å². The number of H-pyrrole nitrogens is 1. The fourth-order valence-corrected chi connectivity index (χ4v) is 2.53. The van der Waals surface area contributed by atoms with Crippen LogP contribution in [0.5, 0.6) is 0 Å². The topological polar surface area (TPSA) is 88.7 Å². The van der Waals surface area contributed by atoms with Crippen LogP contribution in [0.2, 0.25) is 0 Å². The van der Waals surface area contributed by atoms with Crippen LogP contribution in [0.1, 0.15) is 25.5 Å². The fourth-order valence-electron chi connectivity index (χ4n) is 2.53. The maximum Gasteiger partial charge on any atom is 0.245 e. The molecule has 0 saturated carbocycles. The second-order valence-corrected chi connectivity index (χ2v) is 5.31. The number of hydrogen-bond donors (Lipinski definition) is 2. The number of rotatable bonds is 3. The van der Waals surface area contributed by atoms with Crippen LogP contribution < -0.4 is 10.6 Å². The van der Waals surface area contributed by atoms with Crippen LogP contribution in [0, 0.1) is 0 Å². The highest BCUT2D eigenvalue weighted by Gasteiger charge is 2.20. The minimum atomic E-state index is 0.314. The van der Waals surface area contributed by atoms with Crippen LogP contribution in [-0.2, 0) is 13.5 Å². The lowest BCUT2D eigenvalue weighted by Gasteiger charge is -2.28. The minimum absolute atomic E-state index is 0.314. The molecule has 0 aromatic carbocycles. The zero-order valence-electron chi connectivity index (χ0n) is 12.0. The summed E-state index contributed by atoms with van der Waals surface area (Å²) in [6, 6.07) is 2.37. The first-order valence-corrected chi connectivity index (χ1v) is 7.13. The lowest BCUT2D eigenvalue weighted by molar-refractivity contribution is 0.496. The summed E-state index contributed by atoms with van der Waals surface area (Å²) in [7, 11) is 1.93. The van der Waals surface area contributed by atoms with E-state index < -0.39 is 0 Å². The van der Waals surface area contributed by atoms with Gasteiger partial charge in [-0.1, -0.05) is 6.92 Å². The van der Waals surface area contributed by atoms with Gasteiger partial charge in [0, 0.05) is 26.2 Å². The summed E-state index contributed by atoms with van der Waals surface area (Å²) in [6.07, 6.45) is 2.91. The maximum absolute atomic E-state index is 5.92. The molecule has 3 N–H and O–H groups in total. The summed E-state index contributed by atoms with van der Waals surface area (Å²) in [4.78, 5) is 6.78. The summed E-state index contributed by atoms with van der Waals surface area (Å²) < 4.78 is 1.84. The first-order chi connectivity index (χ1) is 9.67. The monoisotopic (exact) mass is 275 g/mol. The Labute approximate surface area is 118 Å². The minimum Gasteiger partial charge on any atom is -0.339 e. The molecule has 20 heavy (non-hydrogen) atoms. The molecule has 1 aliphatic rings. The Balaban J connectivity index is 1.81. The first kappa shape index (κ1) is 13.1. The lowest BCUT2D eigenvalue weighted by atomic mass is 10.1. The van der Waals surface area contributed by atoms with Gasteiger partial charge >= 0.3 is 0 Å². The number of aromatic amines is 1. The molecule has 0 amide bonds. The van der Waals surface area contributed by atoms with Gasteiger partial charge in [0.2, 0.25) is 5.95 Å². The molecule has 1 aliphatic heterocycles. The summed E-state index contributed by atoms with van der Waals surface area (Å²) >= 11 is 0. The first-order valence-electron chi connectivity index (χ1n) is 7.13. The normalized spacial score (nSPS) is 16.9. The van der Waals surface area contributed by atoms with E-state index in [-0.39, 0.29) is 0 Å². The molecule has 1 fully saturated rings. The highest BCUT2D eigenvalue weighted by molar-refractivity contribution is 5.52. The number of aromatic nitrogens is 5. The van der Waals surface area contributed by atoms with Crippen LogP contribution in [0.3, 0.4) is 0 Å². The van der Waals surface area contributed by atoms with Gasteiger partial charge in [0.15, 0.2) is 5.82 Å². The van der Waals surface area contributed by atoms with Gasteiger partial charge in [-0.05, 0) is 25.3 Å². The van der Waals surface area contributed by atoms with Crippen molar-refractivity contribution in [2.75, 3.05) is 18.0 Å². The summed E-state index contributed by atoms with van der Waals surface area (Å²) in [6.45, 7) is 3.93. The Morgan fingerprint density at radius 3 is 2.80 bits per heavy atom. The summed E-state index contributed by atoms with van der Waals surface area (Å²) in [5, 5.41) is 11.8. The maximum atomic E-state index is 5.92. The molecule has 7 nitrogen and oxygen atoms in total. The van der Waals surface area contributed by atoms with E-state index in [2.05, 4.69) is 38.2 Å². The second kappa shape index (κ2) is 5.24. The Morgan fingerprint density at radius 2 is 2.15 bits per heavy atom. The van der Waals surface area contributed by atoms with E-state index >= 15 is 0 Å². The van der Waals surface area contributed by atoms with E-state index in [1.165, 1.54) is 0 Å². The predicted molar refractivity (Wildman–Crippen MR) is 77.4 cm³/mol. The van der Waals surface area contributed by atoms with Gasteiger partial charge < -0.3 is 10.6 Å². The average Bonchev–Trinajstić information content (AvgIpc) is 3.06. The molecule has 0 radical (unpaired) electrons. The Morgan fingerprint density at radius 1 is 1.40 bits per heavy atom. The van der Waals surface area contributed by atoms with Gasteiger partial charge in [0.25, 0.3) is 0 Å². The zero-order chi connectivity index (χ0) is 14.1. The van der Waals surface area contributed by atoms with Gasteiger partial charge in [0.1, 0.15) is 5.69 Å². The fraction of sp³-hybridized carbons (Fsp3) is 0.615. The molecule has 0 unspecified atom stereocenters. The van der Waals surface area contributed by atoms with Crippen molar-refractivity contribution < 1.29 is 0 Å². The van der Waals surface area contributed by atoms with Crippen molar-refractivity contribution in [2.24, 2.45) is 12.8 Å². The van der Waals surface area contributed by atoms with Crippen LogP contribution in [0.25, 0.3) is 11.5 Å². The molecule has 0 atom stereocenters. The number of anilines is 1. The third kappa shape index (κ3) is 2.40. The number of hydrogen-bond acceptors (Lipinski definition) is 5. The van der Waals surface area contributed by atoms with Crippen LogP contribution in [-0.4, -0.2) is 44.1 Å². The standard InChI is InChI=1S/C13H21N7/c1-3-10-8-11(19(2)18-10)12-15-13(17-16-12)20-6-4-9(14)5-7-20/h8-9H,3-7,14H2,1-2H3,(H,15,16,17). The van der Waals surface area contributed by atoms with Crippen molar-refractivity contribution in [1.29, 1.82) is 0 Å². The highest BCUT2D eigenvalue weighted by Crippen LogP contribution is 2.20. The molecule has 0 spiro atoms. The molecule has 2 aromatic rings. The lowest BCUT2D eigenvalue weighted by Crippen LogP contribution is -2.40. The molecule has 3 rings (SSSR count). The largest absolute Gasteiger partial charge is 0.339 e. The zero-order valence-corrected chi connectivity index (χ0v) is 12.0. The van der Waals surface area contributed by atoms with E-state index in [0.717, 1.165) is 55.5 Å². The summed E-state index contributed by atoms with van der Waals surface area (Å²) in [5.41, 5.74) is 7.95. The van der Waals surface area contributed by atoms with Crippen molar-refractivity contribution in [3.63, 3.8) is 0 Å². The molecule has 7 heteroatoms. The molecule has 1 saturated heterocycles. The molecule has 3 heterocycles. The van der Waals surface area contributed by atoms with Crippen molar-refractivity contribution in [3.05, 3.63) is 11.8 Å². The van der Waals surface area contributed by atoms with E-state index in [1.807, 2.05) is 11.7 Å². The van der Waals surface area contributed by atoms with E-state index in [9.17, 15) is 0 Å². The Bertz CT molecular complexity index is 577. The highest BCUT2D eigenvalue weighted by atomic mass is 15.4. The van der Waals surface area contributed by atoms with Gasteiger partial charge in [-0.15, -0.1) is 5.10 Å². The van der Waals surface area contributed by atoms with Crippen molar-refractivity contribution >= 4 is 5.95 Å². The van der Waals surface area contributed by atoms with Gasteiger partial charge in [-0.3, -0.25) is 9.78 Å². The van der Waals surface area contributed by atoms with Crippen molar-refractivity contribution in [1.82, 2.24) is 25.0 Å².